The second-order valence-electron chi connectivity index (χ2n) is 9.38. The van der Waals surface area contributed by atoms with Crippen LogP contribution < -0.4 is 15.9 Å². The van der Waals surface area contributed by atoms with Gasteiger partial charge in [-0.2, -0.15) is 0 Å². The van der Waals surface area contributed by atoms with Gasteiger partial charge >= 0.3 is 6.09 Å². The first-order valence-electron chi connectivity index (χ1n) is 12.4. The molecule has 0 unspecified atom stereocenters. The number of rotatable bonds is 5. The van der Waals surface area contributed by atoms with E-state index in [1.165, 1.54) is 10.9 Å². The van der Waals surface area contributed by atoms with Gasteiger partial charge in [-0.05, 0) is 48.9 Å². The maximum absolute atomic E-state index is 12.1. The minimum Gasteiger partial charge on any atom is -0.409 e. The highest BCUT2D eigenvalue weighted by molar-refractivity contribution is 6.30. The van der Waals surface area contributed by atoms with Gasteiger partial charge < -0.3 is 30.5 Å². The molecule has 4 atom stereocenters. The third kappa shape index (κ3) is 6.06. The molecule has 39 heavy (non-hydrogen) atoms. The van der Waals surface area contributed by atoms with E-state index < -0.39 is 37.2 Å². The summed E-state index contributed by atoms with van der Waals surface area (Å²) in [6.45, 7) is 0.861. The molecular formula is C25H28ClN7O6. The van der Waals surface area contributed by atoms with Crippen LogP contribution in [0.2, 0.25) is 5.02 Å². The Morgan fingerprint density at radius 2 is 1.95 bits per heavy atom. The van der Waals surface area contributed by atoms with Gasteiger partial charge in [0.15, 0.2) is 17.7 Å². The summed E-state index contributed by atoms with van der Waals surface area (Å²) in [6.07, 6.45) is -1.38. The van der Waals surface area contributed by atoms with E-state index in [4.69, 9.17) is 26.8 Å². The highest BCUT2D eigenvalue weighted by Crippen LogP contribution is 2.32. The van der Waals surface area contributed by atoms with Crippen molar-refractivity contribution in [3.8, 4) is 17.6 Å². The fourth-order valence-corrected chi connectivity index (χ4v) is 4.70. The molecule has 4 heterocycles. The SMILES string of the molecule is Nc1nc(C#CCC2CCN(NC(=O)Oc3ccc(Cl)cc3)CC2)nc2c1ncn2[C@@H]1O[C@H](CO)[C@@H](O)[C@H]1O. The molecule has 3 aromatic rings. The van der Waals surface area contributed by atoms with Gasteiger partial charge in [-0.25, -0.2) is 24.8 Å². The van der Waals surface area contributed by atoms with Gasteiger partial charge in [-0.3, -0.25) is 9.99 Å². The lowest BCUT2D eigenvalue weighted by molar-refractivity contribution is -0.0511. The normalized spacial score (nSPS) is 23.9. The minimum absolute atomic E-state index is 0.125. The second-order valence-corrected chi connectivity index (χ2v) is 9.81. The topological polar surface area (TPSA) is 181 Å². The number of piperidine rings is 1. The van der Waals surface area contributed by atoms with Crippen LogP contribution in [0.4, 0.5) is 10.6 Å². The quantitative estimate of drug-likeness (QED) is 0.280. The number of imidazole rings is 1. The lowest BCUT2D eigenvalue weighted by Gasteiger charge is -2.30. The number of nitrogens with one attached hydrogen (secondary N) is 1. The third-order valence-electron chi connectivity index (χ3n) is 6.72. The number of nitrogens with two attached hydrogens (primary N) is 1. The first-order valence-corrected chi connectivity index (χ1v) is 12.8. The van der Waals surface area contributed by atoms with Crippen molar-refractivity contribution in [3.05, 3.63) is 41.4 Å². The maximum atomic E-state index is 12.1. The van der Waals surface area contributed by atoms with Crippen molar-refractivity contribution in [1.82, 2.24) is 30.0 Å². The first kappa shape index (κ1) is 27.1. The van der Waals surface area contributed by atoms with Crippen molar-refractivity contribution in [1.29, 1.82) is 0 Å². The summed E-state index contributed by atoms with van der Waals surface area (Å²) < 4.78 is 12.3. The zero-order valence-electron chi connectivity index (χ0n) is 20.8. The number of aromatic nitrogens is 4. The summed E-state index contributed by atoms with van der Waals surface area (Å²) in [4.78, 5) is 25.0. The number of carbonyl (C=O) groups is 1. The van der Waals surface area contributed by atoms with E-state index in [0.29, 0.717) is 47.4 Å². The lowest BCUT2D eigenvalue weighted by atomic mass is 9.94. The molecule has 1 amide bonds. The summed E-state index contributed by atoms with van der Waals surface area (Å²) in [7, 11) is 0. The van der Waals surface area contributed by atoms with Crippen LogP contribution in [0.25, 0.3) is 11.2 Å². The number of nitrogens with zero attached hydrogens (tertiary/aromatic N) is 5. The zero-order valence-corrected chi connectivity index (χ0v) is 21.5. The van der Waals surface area contributed by atoms with E-state index in [2.05, 4.69) is 32.2 Å². The summed E-state index contributed by atoms with van der Waals surface area (Å²) in [6, 6.07) is 6.54. The molecule has 0 bridgehead atoms. The fourth-order valence-electron chi connectivity index (χ4n) is 4.58. The number of hydrazine groups is 1. The predicted octanol–water partition coefficient (Wildman–Crippen LogP) is 0.831. The highest BCUT2D eigenvalue weighted by Gasteiger charge is 2.44. The van der Waals surface area contributed by atoms with Crippen LogP contribution in [-0.2, 0) is 4.74 Å². The Labute approximate surface area is 228 Å². The van der Waals surface area contributed by atoms with Crippen molar-refractivity contribution in [2.24, 2.45) is 5.92 Å². The van der Waals surface area contributed by atoms with E-state index in [-0.39, 0.29) is 11.6 Å². The van der Waals surface area contributed by atoms with Crippen LogP contribution in [0.1, 0.15) is 31.3 Å². The molecule has 0 saturated carbocycles. The molecule has 2 fully saturated rings. The number of ether oxygens (including phenoxy) is 2. The molecule has 206 valence electrons. The van der Waals surface area contributed by atoms with Gasteiger partial charge in [0, 0.05) is 24.5 Å². The maximum Gasteiger partial charge on any atom is 0.427 e. The molecule has 1 aromatic carbocycles. The molecule has 2 saturated heterocycles. The molecular weight excluding hydrogens is 530 g/mol. The summed E-state index contributed by atoms with van der Waals surface area (Å²) >= 11 is 5.85. The number of aliphatic hydroxyl groups excluding tert-OH is 3. The summed E-state index contributed by atoms with van der Waals surface area (Å²) in [5.41, 5.74) is 9.43. The van der Waals surface area contributed by atoms with E-state index in [1.807, 2.05) is 5.01 Å². The summed E-state index contributed by atoms with van der Waals surface area (Å²) in [5.74, 6) is 7.11. The molecule has 5 rings (SSSR count). The highest BCUT2D eigenvalue weighted by atomic mass is 35.5. The average Bonchev–Trinajstić information content (AvgIpc) is 3.47. The monoisotopic (exact) mass is 557 g/mol. The van der Waals surface area contributed by atoms with E-state index in [0.717, 1.165) is 12.8 Å². The zero-order chi connectivity index (χ0) is 27.5. The van der Waals surface area contributed by atoms with Gasteiger partial charge in [0.1, 0.15) is 29.6 Å². The Kier molecular flexibility index (Phi) is 8.12. The molecule has 0 aliphatic carbocycles. The van der Waals surface area contributed by atoms with Gasteiger partial charge in [-0.15, -0.1) is 0 Å². The van der Waals surface area contributed by atoms with Crippen LogP contribution in [0.5, 0.6) is 5.75 Å². The van der Waals surface area contributed by atoms with Gasteiger partial charge in [0.05, 0.1) is 12.9 Å². The Morgan fingerprint density at radius 1 is 1.21 bits per heavy atom. The number of benzene rings is 1. The van der Waals surface area contributed by atoms with Crippen LogP contribution in [-0.4, -0.2) is 83.9 Å². The predicted molar refractivity (Wildman–Crippen MR) is 139 cm³/mol. The van der Waals surface area contributed by atoms with Crippen molar-refractivity contribution >= 4 is 34.7 Å². The average molecular weight is 558 g/mol. The van der Waals surface area contributed by atoms with Crippen LogP contribution >= 0.6 is 11.6 Å². The first-order chi connectivity index (χ1) is 18.8. The van der Waals surface area contributed by atoms with Crippen molar-refractivity contribution in [3.63, 3.8) is 0 Å². The van der Waals surface area contributed by atoms with Crippen molar-refractivity contribution in [2.75, 3.05) is 25.4 Å². The number of hydrogen-bond acceptors (Lipinski definition) is 11. The molecule has 2 aromatic heterocycles. The fraction of sp³-hybridized carbons (Fsp3) is 0.440. The van der Waals surface area contributed by atoms with Crippen LogP contribution in [0.15, 0.2) is 30.6 Å². The van der Waals surface area contributed by atoms with E-state index in [1.54, 1.807) is 24.3 Å². The lowest BCUT2D eigenvalue weighted by Crippen LogP contribution is -2.47. The number of anilines is 1. The molecule has 6 N–H and O–H groups in total. The Morgan fingerprint density at radius 3 is 2.64 bits per heavy atom. The van der Waals surface area contributed by atoms with Crippen LogP contribution in [0.3, 0.4) is 0 Å². The molecule has 14 heteroatoms. The van der Waals surface area contributed by atoms with E-state index in [9.17, 15) is 20.1 Å². The number of fused-ring (bicyclic) bond motifs is 1. The van der Waals surface area contributed by atoms with Crippen LogP contribution in [0, 0.1) is 17.8 Å². The number of aliphatic hydroxyl groups is 3. The van der Waals surface area contributed by atoms with E-state index >= 15 is 0 Å². The van der Waals surface area contributed by atoms with Gasteiger partial charge in [0.25, 0.3) is 0 Å². The molecule has 2 aliphatic heterocycles. The number of hydrogen-bond donors (Lipinski definition) is 5. The number of halogens is 1. The largest absolute Gasteiger partial charge is 0.427 e. The Bertz CT molecular complexity index is 1380. The molecule has 0 radical (unpaired) electrons. The summed E-state index contributed by atoms with van der Waals surface area (Å²) in [5, 5.41) is 32.2. The Hall–Kier alpha value is -3.51. The third-order valence-corrected chi connectivity index (χ3v) is 6.97. The smallest absolute Gasteiger partial charge is 0.409 e. The molecule has 0 spiro atoms. The second kappa shape index (κ2) is 11.7. The Balaban J connectivity index is 1.16. The molecule has 2 aliphatic rings. The number of nitrogen functional groups attached to an aromatic ring is 1. The number of carbonyl (C=O) groups excluding carboxylic acids is 1. The minimum atomic E-state index is -1.29. The van der Waals surface area contributed by atoms with Gasteiger partial charge in [-0.1, -0.05) is 17.5 Å². The number of amides is 1. The van der Waals surface area contributed by atoms with Gasteiger partial charge in [0.2, 0.25) is 5.82 Å². The standard InChI is InChI=1S/C25H28ClN7O6/c26-15-4-6-16(7-5-15)38-25(37)31-32-10-8-14(9-11-32)2-1-3-18-29-22(27)19-23(30-18)33(13-28-19)24-21(36)20(35)17(12-34)39-24/h4-7,13-14,17,20-21,24,34-36H,2,8-12H2,(H,31,37)(H2,27,29,30)/t17-,20-,21-,24-/m1/s1. The van der Waals surface area contributed by atoms with Crippen molar-refractivity contribution < 1.29 is 29.6 Å². The molecule has 13 nitrogen and oxygen atoms in total. The van der Waals surface area contributed by atoms with Crippen molar-refractivity contribution in [2.45, 2.75) is 43.8 Å².